The number of carbonyl (C=O) groups is 1. The summed E-state index contributed by atoms with van der Waals surface area (Å²) in [6.45, 7) is 9.37. The van der Waals surface area contributed by atoms with E-state index in [-0.39, 0.29) is 11.7 Å². The van der Waals surface area contributed by atoms with Gasteiger partial charge in [0, 0.05) is 5.92 Å². The summed E-state index contributed by atoms with van der Waals surface area (Å²) < 4.78 is 40.4. The van der Waals surface area contributed by atoms with Gasteiger partial charge in [0.05, 0.1) is 0 Å². The van der Waals surface area contributed by atoms with E-state index in [0.717, 1.165) is 11.1 Å². The Hall–Kier alpha value is -2.30. The molecule has 0 saturated carbocycles. The lowest BCUT2D eigenvalue weighted by Gasteiger charge is -2.13. The molecule has 0 heterocycles. The Morgan fingerprint density at radius 2 is 1.86 bits per heavy atom. The van der Waals surface area contributed by atoms with Crippen LogP contribution in [-0.2, 0) is 4.79 Å². The molecule has 0 aliphatic heterocycles. The van der Waals surface area contributed by atoms with E-state index >= 15 is 0 Å². The number of esters is 1. The van der Waals surface area contributed by atoms with Crippen LogP contribution in [0.4, 0.5) is 13.2 Å². The van der Waals surface area contributed by atoms with Crippen LogP contribution in [0, 0.1) is 0 Å². The van der Waals surface area contributed by atoms with Gasteiger partial charge in [-0.3, -0.25) is 0 Å². The molecule has 0 fully saturated rings. The van der Waals surface area contributed by atoms with Crippen LogP contribution in [0.1, 0.15) is 18.4 Å². The van der Waals surface area contributed by atoms with Crippen LogP contribution in [0.25, 0.3) is 0 Å². The van der Waals surface area contributed by atoms with Crippen molar-refractivity contribution in [1.82, 2.24) is 0 Å². The summed E-state index contributed by atoms with van der Waals surface area (Å²) in [4.78, 5) is 10.7. The zero-order valence-electron chi connectivity index (χ0n) is 11.5. The van der Waals surface area contributed by atoms with E-state index in [2.05, 4.69) is 17.9 Å². The number of ether oxygens (including phenoxy) is 1. The van der Waals surface area contributed by atoms with Crippen molar-refractivity contribution in [2.24, 2.45) is 0 Å². The number of hydrogen-bond donors (Lipinski definition) is 0. The Morgan fingerprint density at radius 1 is 1.29 bits per heavy atom. The highest BCUT2D eigenvalue weighted by molar-refractivity contribution is 5.78. The van der Waals surface area contributed by atoms with Crippen LogP contribution < -0.4 is 4.74 Å². The second kappa shape index (κ2) is 6.92. The molecule has 1 unspecified atom stereocenters. The summed E-state index contributed by atoms with van der Waals surface area (Å²) in [5.74, 6) is -2.41. The highest BCUT2D eigenvalue weighted by Crippen LogP contribution is 2.26. The molecule has 0 aliphatic carbocycles. The lowest BCUT2D eigenvalue weighted by molar-refractivity contribution is -0.189. The van der Waals surface area contributed by atoms with Gasteiger partial charge in [-0.25, -0.2) is 4.79 Å². The molecule has 0 saturated heterocycles. The maximum absolute atomic E-state index is 12.1. The zero-order valence-corrected chi connectivity index (χ0v) is 11.5. The second-order valence-electron chi connectivity index (χ2n) is 4.35. The van der Waals surface area contributed by atoms with Crippen LogP contribution in [0.15, 0.2) is 61.2 Å². The van der Waals surface area contributed by atoms with Crippen molar-refractivity contribution in [3.8, 4) is 5.75 Å². The normalized spacial score (nSPS) is 13.0. The topological polar surface area (TPSA) is 26.3 Å². The maximum Gasteiger partial charge on any atom is 0.491 e. The van der Waals surface area contributed by atoms with Gasteiger partial charge in [0.2, 0.25) is 0 Å². The minimum Gasteiger partial charge on any atom is -0.420 e. The first-order valence-corrected chi connectivity index (χ1v) is 6.12. The number of alkyl halides is 3. The third-order valence-electron chi connectivity index (χ3n) is 2.82. The van der Waals surface area contributed by atoms with Crippen LogP contribution in [0.5, 0.6) is 5.75 Å². The molecule has 5 heteroatoms. The smallest absolute Gasteiger partial charge is 0.420 e. The number of halogens is 3. The van der Waals surface area contributed by atoms with Crippen molar-refractivity contribution in [2.45, 2.75) is 19.0 Å². The molecule has 2 nitrogen and oxygen atoms in total. The van der Waals surface area contributed by atoms with E-state index in [9.17, 15) is 18.0 Å². The van der Waals surface area contributed by atoms with Gasteiger partial charge in [-0.05, 0) is 23.3 Å². The van der Waals surface area contributed by atoms with E-state index in [1.54, 1.807) is 30.4 Å². The SMILES string of the molecule is C=CC=CC(=C)C(C)c1ccc(OC(=O)C(F)(F)F)cc1. The Morgan fingerprint density at radius 3 is 2.33 bits per heavy atom. The van der Waals surface area contributed by atoms with Gasteiger partial charge in [0.1, 0.15) is 5.75 Å². The zero-order chi connectivity index (χ0) is 16.0. The molecule has 0 bridgehead atoms. The fraction of sp³-hybridized carbons (Fsp3) is 0.188. The predicted molar refractivity (Wildman–Crippen MR) is 75.0 cm³/mol. The third-order valence-corrected chi connectivity index (χ3v) is 2.82. The molecule has 1 aromatic rings. The van der Waals surface area contributed by atoms with Crippen molar-refractivity contribution in [3.63, 3.8) is 0 Å². The van der Waals surface area contributed by atoms with Crippen LogP contribution in [0.3, 0.4) is 0 Å². The Labute approximate surface area is 121 Å². The first-order chi connectivity index (χ1) is 9.75. The molecule has 0 amide bonds. The highest BCUT2D eigenvalue weighted by Gasteiger charge is 2.41. The van der Waals surface area contributed by atoms with E-state index in [1.165, 1.54) is 12.1 Å². The number of benzene rings is 1. The van der Waals surface area contributed by atoms with E-state index < -0.39 is 12.1 Å². The van der Waals surface area contributed by atoms with E-state index in [4.69, 9.17) is 0 Å². The fourth-order valence-corrected chi connectivity index (χ4v) is 1.54. The molecule has 0 spiro atoms. The van der Waals surface area contributed by atoms with Crippen LogP contribution >= 0.6 is 0 Å². The maximum atomic E-state index is 12.1. The van der Waals surface area contributed by atoms with Gasteiger partial charge >= 0.3 is 12.1 Å². The molecule has 1 atom stereocenters. The number of rotatable bonds is 5. The van der Waals surface area contributed by atoms with Gasteiger partial charge in [0.25, 0.3) is 0 Å². The van der Waals surface area contributed by atoms with Gasteiger partial charge < -0.3 is 4.74 Å². The average molecular weight is 296 g/mol. The lowest BCUT2D eigenvalue weighted by Crippen LogP contribution is -2.27. The molecule has 0 N–H and O–H groups in total. The monoisotopic (exact) mass is 296 g/mol. The van der Waals surface area contributed by atoms with Gasteiger partial charge in [-0.2, -0.15) is 13.2 Å². The lowest BCUT2D eigenvalue weighted by atomic mass is 9.93. The molecular weight excluding hydrogens is 281 g/mol. The Bertz CT molecular complexity index is 554. The second-order valence-corrected chi connectivity index (χ2v) is 4.35. The first kappa shape index (κ1) is 16.8. The molecule has 21 heavy (non-hydrogen) atoms. The summed E-state index contributed by atoms with van der Waals surface area (Å²) in [5, 5.41) is 0. The number of allylic oxidation sites excluding steroid dienone is 4. The molecular formula is C16H15F3O2. The molecule has 1 aromatic carbocycles. The summed E-state index contributed by atoms with van der Waals surface area (Å²) in [6, 6.07) is 5.83. The van der Waals surface area contributed by atoms with Crippen molar-refractivity contribution in [1.29, 1.82) is 0 Å². The summed E-state index contributed by atoms with van der Waals surface area (Å²) in [7, 11) is 0. The molecule has 0 aliphatic rings. The standard InChI is InChI=1S/C16H15F3O2/c1-4-5-6-11(2)12(3)13-7-9-14(10-8-13)21-15(20)16(17,18)19/h4-10,12H,1-2H2,3H3. The minimum atomic E-state index is -5.00. The van der Waals surface area contributed by atoms with Crippen molar-refractivity contribution >= 4 is 5.97 Å². The molecule has 112 valence electrons. The summed E-state index contributed by atoms with van der Waals surface area (Å²) in [5.41, 5.74) is 1.68. The first-order valence-electron chi connectivity index (χ1n) is 6.12. The number of carbonyl (C=O) groups excluding carboxylic acids is 1. The summed E-state index contributed by atoms with van der Waals surface area (Å²) in [6.07, 6.45) is 0.168. The summed E-state index contributed by atoms with van der Waals surface area (Å²) >= 11 is 0. The van der Waals surface area contributed by atoms with E-state index in [1.807, 2.05) is 6.92 Å². The Balaban J connectivity index is 2.78. The highest BCUT2D eigenvalue weighted by atomic mass is 19.4. The van der Waals surface area contributed by atoms with Crippen LogP contribution in [-0.4, -0.2) is 12.1 Å². The molecule has 0 aromatic heterocycles. The number of hydrogen-bond acceptors (Lipinski definition) is 2. The minimum absolute atomic E-state index is 0.0198. The molecule has 1 rings (SSSR count). The van der Waals surface area contributed by atoms with Gasteiger partial charge in [-0.1, -0.05) is 50.4 Å². The fourth-order valence-electron chi connectivity index (χ4n) is 1.54. The van der Waals surface area contributed by atoms with Crippen molar-refractivity contribution in [2.75, 3.05) is 0 Å². The van der Waals surface area contributed by atoms with Gasteiger partial charge in [0.15, 0.2) is 0 Å². The largest absolute Gasteiger partial charge is 0.491 e. The molecule has 0 radical (unpaired) electrons. The van der Waals surface area contributed by atoms with Crippen molar-refractivity contribution in [3.05, 3.63) is 66.8 Å². The third kappa shape index (κ3) is 4.95. The van der Waals surface area contributed by atoms with Gasteiger partial charge in [-0.15, -0.1) is 0 Å². The quantitative estimate of drug-likeness (QED) is 0.452. The Kier molecular flexibility index (Phi) is 5.52. The predicted octanol–water partition coefficient (Wildman–Crippen LogP) is 4.56. The van der Waals surface area contributed by atoms with Crippen molar-refractivity contribution < 1.29 is 22.7 Å². The van der Waals surface area contributed by atoms with Crippen LogP contribution in [0.2, 0.25) is 0 Å². The average Bonchev–Trinajstić information content (AvgIpc) is 2.43. The van der Waals surface area contributed by atoms with E-state index in [0.29, 0.717) is 0 Å².